The number of tetrazole rings is 1. The fourth-order valence-corrected chi connectivity index (χ4v) is 4.46. The van der Waals surface area contributed by atoms with Gasteiger partial charge in [0.2, 0.25) is 0 Å². The van der Waals surface area contributed by atoms with Crippen molar-refractivity contribution in [1.29, 1.82) is 0 Å². The summed E-state index contributed by atoms with van der Waals surface area (Å²) in [5, 5.41) is 13.1. The summed E-state index contributed by atoms with van der Waals surface area (Å²) in [5.41, 5.74) is 2.48. The summed E-state index contributed by atoms with van der Waals surface area (Å²) in [6.45, 7) is 8.91. The molecular weight excluding hydrogens is 460 g/mol. The van der Waals surface area contributed by atoms with Gasteiger partial charge in [0, 0.05) is 17.6 Å². The van der Waals surface area contributed by atoms with Crippen molar-refractivity contribution in [3.8, 4) is 0 Å². The summed E-state index contributed by atoms with van der Waals surface area (Å²) in [6, 6.07) is 11.4. The zero-order chi connectivity index (χ0) is 25.7. The molecule has 0 aliphatic carbocycles. The van der Waals surface area contributed by atoms with E-state index in [0.717, 1.165) is 23.1 Å². The molecule has 36 heavy (non-hydrogen) atoms. The molecule has 0 spiro atoms. The molecule has 1 atom stereocenters. The number of carbonyl (C=O) groups excluding carboxylic acids is 1. The van der Waals surface area contributed by atoms with Crippen LogP contribution in [0.4, 0.5) is 0 Å². The summed E-state index contributed by atoms with van der Waals surface area (Å²) in [4.78, 5) is 30.4. The number of nitrogens with one attached hydrogen (secondary N) is 1. The number of nitrogens with zero attached hydrogens (tertiary/aromatic N) is 5. The number of H-pyrrole nitrogens is 1. The van der Waals surface area contributed by atoms with Gasteiger partial charge in [0.1, 0.15) is 12.3 Å². The molecule has 0 aliphatic rings. The van der Waals surface area contributed by atoms with Crippen LogP contribution in [0.25, 0.3) is 10.9 Å². The van der Waals surface area contributed by atoms with Gasteiger partial charge in [-0.05, 0) is 71.0 Å². The summed E-state index contributed by atoms with van der Waals surface area (Å²) >= 11 is 0. The van der Waals surface area contributed by atoms with Gasteiger partial charge in [0.25, 0.3) is 5.56 Å². The van der Waals surface area contributed by atoms with Gasteiger partial charge in [-0.1, -0.05) is 26.8 Å². The van der Waals surface area contributed by atoms with Crippen LogP contribution < -0.4 is 5.56 Å². The maximum absolute atomic E-state index is 13.1. The number of carbonyl (C=O) groups is 1. The third kappa shape index (κ3) is 5.71. The Bertz CT molecular complexity index is 1360. The predicted octanol–water partition coefficient (Wildman–Crippen LogP) is 3.63. The van der Waals surface area contributed by atoms with Gasteiger partial charge in [-0.15, -0.1) is 5.10 Å². The lowest BCUT2D eigenvalue weighted by Crippen LogP contribution is -2.35. The van der Waals surface area contributed by atoms with Crippen molar-refractivity contribution in [3.05, 3.63) is 75.7 Å². The molecule has 190 valence electrons. The number of fused-ring (bicyclic) bond motifs is 1. The van der Waals surface area contributed by atoms with E-state index in [1.165, 1.54) is 10.2 Å². The van der Waals surface area contributed by atoms with Gasteiger partial charge in [0.05, 0.1) is 25.5 Å². The van der Waals surface area contributed by atoms with E-state index in [2.05, 4.69) is 52.2 Å². The van der Waals surface area contributed by atoms with Crippen molar-refractivity contribution in [2.45, 2.75) is 59.8 Å². The second-order valence-corrected chi connectivity index (χ2v) is 9.07. The molecule has 0 unspecified atom stereocenters. The number of aromatic amines is 1. The molecule has 1 aromatic carbocycles. The first-order valence-electron chi connectivity index (χ1n) is 12.2. The van der Waals surface area contributed by atoms with Gasteiger partial charge in [-0.2, -0.15) is 0 Å². The zero-order valence-corrected chi connectivity index (χ0v) is 21.1. The Labute approximate surface area is 209 Å². The van der Waals surface area contributed by atoms with Crippen molar-refractivity contribution < 1.29 is 13.9 Å². The van der Waals surface area contributed by atoms with Crippen LogP contribution in [0, 0.1) is 5.92 Å². The minimum atomic E-state index is -0.413. The highest BCUT2D eigenvalue weighted by Crippen LogP contribution is 2.30. The van der Waals surface area contributed by atoms with Crippen LogP contribution in [0.15, 0.2) is 51.9 Å². The van der Waals surface area contributed by atoms with Crippen molar-refractivity contribution in [3.63, 3.8) is 0 Å². The zero-order valence-electron chi connectivity index (χ0n) is 21.1. The molecule has 4 rings (SSSR count). The van der Waals surface area contributed by atoms with E-state index >= 15 is 0 Å². The monoisotopic (exact) mass is 492 g/mol. The average Bonchev–Trinajstić information content (AvgIpc) is 3.52. The van der Waals surface area contributed by atoms with Crippen molar-refractivity contribution in [2.75, 3.05) is 6.61 Å². The van der Waals surface area contributed by atoms with E-state index in [1.54, 1.807) is 13.2 Å². The van der Waals surface area contributed by atoms with Crippen LogP contribution in [0.2, 0.25) is 0 Å². The number of aromatic nitrogens is 5. The first kappa shape index (κ1) is 25.3. The molecule has 0 amide bonds. The molecule has 3 heterocycles. The molecule has 0 radical (unpaired) electrons. The number of furan rings is 1. The van der Waals surface area contributed by atoms with Crippen molar-refractivity contribution in [1.82, 2.24) is 30.1 Å². The van der Waals surface area contributed by atoms with Gasteiger partial charge in [-0.3, -0.25) is 14.5 Å². The lowest BCUT2D eigenvalue weighted by atomic mass is 10.00. The Morgan fingerprint density at radius 2 is 2.03 bits per heavy atom. The van der Waals surface area contributed by atoms with Gasteiger partial charge >= 0.3 is 5.97 Å². The number of esters is 1. The van der Waals surface area contributed by atoms with Crippen molar-refractivity contribution in [2.24, 2.45) is 5.92 Å². The molecule has 4 aromatic rings. The van der Waals surface area contributed by atoms with Gasteiger partial charge < -0.3 is 14.1 Å². The third-order valence-electron chi connectivity index (χ3n) is 6.14. The number of ether oxygens (including phenoxy) is 1. The van der Waals surface area contributed by atoms with E-state index in [4.69, 9.17) is 9.15 Å². The van der Waals surface area contributed by atoms with Crippen LogP contribution in [-0.4, -0.2) is 42.7 Å². The first-order valence-corrected chi connectivity index (χ1v) is 12.2. The van der Waals surface area contributed by atoms with Crippen LogP contribution in [0.1, 0.15) is 56.4 Å². The Hall–Kier alpha value is -3.79. The third-order valence-corrected chi connectivity index (χ3v) is 6.14. The minimum absolute atomic E-state index is 0.0538. The highest BCUT2D eigenvalue weighted by atomic mass is 16.5. The van der Waals surface area contributed by atoms with Gasteiger partial charge in [-0.25, -0.2) is 4.68 Å². The minimum Gasteiger partial charge on any atom is -0.468 e. The SMILES string of the molecule is CCOC(=O)Cn1nnnc1[C@@H](C(C)C)N(Cc1ccco1)Cc1cc2cc(CC)ccc2[nH]c1=O. The Kier molecular flexibility index (Phi) is 7.94. The molecule has 3 aromatic heterocycles. The number of hydrogen-bond donors (Lipinski definition) is 1. The molecule has 0 bridgehead atoms. The number of benzene rings is 1. The molecular formula is C26H32N6O4. The smallest absolute Gasteiger partial charge is 0.327 e. The summed E-state index contributed by atoms with van der Waals surface area (Å²) < 4.78 is 12.2. The van der Waals surface area contributed by atoms with E-state index in [9.17, 15) is 9.59 Å². The predicted molar refractivity (Wildman–Crippen MR) is 134 cm³/mol. The van der Waals surface area contributed by atoms with E-state index < -0.39 is 5.97 Å². The molecule has 10 nitrogen and oxygen atoms in total. The molecule has 0 fully saturated rings. The second kappa shape index (κ2) is 11.3. The standard InChI is InChI=1S/C26H32N6O4/c1-5-18-9-10-22-19(12-18)13-20(26(34)27-22)14-31(15-21-8-7-11-36-21)24(17(3)4)25-28-29-30-32(25)16-23(33)35-6-2/h7-13,17,24H,5-6,14-16H2,1-4H3,(H,27,34)/t24-/m1/s1. The molecule has 10 heteroatoms. The number of aryl methyl sites for hydroxylation is 1. The summed E-state index contributed by atoms with van der Waals surface area (Å²) in [6.07, 6.45) is 2.53. The van der Waals surface area contributed by atoms with Crippen LogP contribution in [0.5, 0.6) is 0 Å². The Balaban J connectivity index is 1.74. The highest BCUT2D eigenvalue weighted by Gasteiger charge is 2.31. The van der Waals surface area contributed by atoms with E-state index in [0.29, 0.717) is 24.5 Å². The maximum atomic E-state index is 13.1. The van der Waals surface area contributed by atoms with Crippen molar-refractivity contribution >= 4 is 16.9 Å². The Morgan fingerprint density at radius 3 is 2.72 bits per heavy atom. The van der Waals surface area contributed by atoms with E-state index in [-0.39, 0.29) is 30.7 Å². The largest absolute Gasteiger partial charge is 0.468 e. The second-order valence-electron chi connectivity index (χ2n) is 9.07. The normalized spacial score (nSPS) is 12.5. The van der Waals surface area contributed by atoms with E-state index in [1.807, 2.05) is 30.3 Å². The highest BCUT2D eigenvalue weighted by molar-refractivity contribution is 5.79. The molecule has 0 saturated heterocycles. The average molecular weight is 493 g/mol. The number of pyridine rings is 1. The molecule has 0 aliphatic heterocycles. The summed E-state index contributed by atoms with van der Waals surface area (Å²) in [5.74, 6) is 0.910. The fourth-order valence-electron chi connectivity index (χ4n) is 4.46. The number of hydrogen-bond acceptors (Lipinski definition) is 8. The molecule has 1 N–H and O–H groups in total. The van der Waals surface area contributed by atoms with Crippen LogP contribution in [-0.2, 0) is 35.6 Å². The number of rotatable bonds is 11. The lowest BCUT2D eigenvalue weighted by Gasteiger charge is -2.32. The first-order chi connectivity index (χ1) is 17.4. The van der Waals surface area contributed by atoms with Crippen LogP contribution >= 0.6 is 0 Å². The Morgan fingerprint density at radius 1 is 1.19 bits per heavy atom. The van der Waals surface area contributed by atoms with Gasteiger partial charge in [0.15, 0.2) is 5.82 Å². The topological polar surface area (TPSA) is 119 Å². The fraction of sp³-hybridized carbons (Fsp3) is 0.423. The molecule has 0 saturated carbocycles. The lowest BCUT2D eigenvalue weighted by molar-refractivity contribution is -0.144. The quantitative estimate of drug-likeness (QED) is 0.315. The van der Waals surface area contributed by atoms with Crippen LogP contribution in [0.3, 0.4) is 0 Å². The summed E-state index contributed by atoms with van der Waals surface area (Å²) in [7, 11) is 0. The maximum Gasteiger partial charge on any atom is 0.327 e.